The highest BCUT2D eigenvalue weighted by atomic mass is 15.1. The smallest absolute Gasteiger partial charge is 0.145 e. The van der Waals surface area contributed by atoms with Crippen LogP contribution in [0.25, 0.3) is 71.9 Å². The van der Waals surface area contributed by atoms with Crippen molar-refractivity contribution in [3.8, 4) is 39.3 Å². The molecule has 8 rings (SSSR count). The average molecular weight is 537 g/mol. The zero-order valence-electron chi connectivity index (χ0n) is 23.3. The summed E-state index contributed by atoms with van der Waals surface area (Å²) in [6.07, 6.45) is 0. The van der Waals surface area contributed by atoms with Crippen molar-refractivity contribution in [3.63, 3.8) is 0 Å². The van der Waals surface area contributed by atoms with E-state index in [1.807, 2.05) is 0 Å². The van der Waals surface area contributed by atoms with Crippen LogP contribution >= 0.6 is 0 Å². The molecule has 0 aliphatic carbocycles. The minimum absolute atomic E-state index is 0.945. The van der Waals surface area contributed by atoms with Gasteiger partial charge in [-0.15, -0.1) is 0 Å². The molecule has 7 aromatic carbocycles. The van der Waals surface area contributed by atoms with E-state index < -0.39 is 0 Å². The molecule has 0 unspecified atom stereocenters. The monoisotopic (exact) mass is 536 g/mol. The Morgan fingerprint density at radius 3 is 1.60 bits per heavy atom. The second-order valence-electron chi connectivity index (χ2n) is 10.9. The molecular weight excluding hydrogens is 508 g/mol. The van der Waals surface area contributed by atoms with E-state index in [4.69, 9.17) is 4.98 Å². The molecule has 0 fully saturated rings. The highest BCUT2D eigenvalue weighted by Gasteiger charge is 2.19. The summed E-state index contributed by atoms with van der Waals surface area (Å²) in [5.41, 5.74) is 10.5. The van der Waals surface area contributed by atoms with Crippen LogP contribution < -0.4 is 0 Å². The molecular formula is C40H28N2. The number of rotatable bonds is 4. The third kappa shape index (κ3) is 3.92. The third-order valence-corrected chi connectivity index (χ3v) is 8.23. The maximum atomic E-state index is 5.16. The Hall–Kier alpha value is -5.47. The molecule has 0 aliphatic heterocycles. The van der Waals surface area contributed by atoms with Crippen LogP contribution in [-0.4, -0.2) is 9.55 Å². The zero-order chi connectivity index (χ0) is 28.0. The van der Waals surface area contributed by atoms with Gasteiger partial charge in [0.2, 0.25) is 0 Å². The number of nitrogens with zero attached hydrogens (tertiary/aromatic N) is 2. The molecule has 0 saturated carbocycles. The number of imidazole rings is 1. The maximum absolute atomic E-state index is 5.16. The Morgan fingerprint density at radius 1 is 0.452 bits per heavy atom. The summed E-state index contributed by atoms with van der Waals surface area (Å²) >= 11 is 0. The van der Waals surface area contributed by atoms with E-state index in [9.17, 15) is 0 Å². The predicted octanol–water partition coefficient (Wildman–Crippen LogP) is 10.6. The molecule has 8 aromatic rings. The molecule has 0 spiro atoms. The number of aromatic nitrogens is 2. The van der Waals surface area contributed by atoms with Gasteiger partial charge in [-0.05, 0) is 80.6 Å². The Bertz CT molecular complexity index is 2230. The van der Waals surface area contributed by atoms with Crippen molar-refractivity contribution >= 4 is 32.6 Å². The minimum Gasteiger partial charge on any atom is -0.292 e. The summed E-state index contributed by atoms with van der Waals surface area (Å²) in [5, 5.41) is 4.98. The van der Waals surface area contributed by atoms with Crippen LogP contribution in [0.2, 0.25) is 0 Å². The third-order valence-electron chi connectivity index (χ3n) is 8.23. The second kappa shape index (κ2) is 9.87. The highest BCUT2D eigenvalue weighted by Crippen LogP contribution is 2.44. The van der Waals surface area contributed by atoms with Crippen molar-refractivity contribution in [3.05, 3.63) is 157 Å². The first-order valence-corrected chi connectivity index (χ1v) is 14.4. The van der Waals surface area contributed by atoms with Crippen molar-refractivity contribution in [2.24, 2.45) is 0 Å². The van der Waals surface area contributed by atoms with Gasteiger partial charge >= 0.3 is 0 Å². The molecule has 1 aromatic heterocycles. The van der Waals surface area contributed by atoms with Gasteiger partial charge in [0, 0.05) is 11.3 Å². The number of fused-ring (bicyclic) bond motifs is 3. The van der Waals surface area contributed by atoms with E-state index >= 15 is 0 Å². The number of hydrogen-bond donors (Lipinski definition) is 0. The molecule has 1 heterocycles. The first-order chi connectivity index (χ1) is 20.8. The molecule has 42 heavy (non-hydrogen) atoms. The predicted molar refractivity (Wildman–Crippen MR) is 177 cm³/mol. The topological polar surface area (TPSA) is 17.8 Å². The summed E-state index contributed by atoms with van der Waals surface area (Å²) in [6, 6.07) is 54.4. The largest absolute Gasteiger partial charge is 0.292 e. The fourth-order valence-electron chi connectivity index (χ4n) is 6.37. The molecule has 2 nitrogen and oxygen atoms in total. The maximum Gasteiger partial charge on any atom is 0.145 e. The second-order valence-corrected chi connectivity index (χ2v) is 10.9. The molecule has 2 heteroatoms. The summed E-state index contributed by atoms with van der Waals surface area (Å²) in [4.78, 5) is 5.16. The van der Waals surface area contributed by atoms with E-state index in [2.05, 4.69) is 163 Å². The van der Waals surface area contributed by atoms with Crippen LogP contribution in [0.3, 0.4) is 0 Å². The van der Waals surface area contributed by atoms with Gasteiger partial charge in [0.1, 0.15) is 5.82 Å². The van der Waals surface area contributed by atoms with Gasteiger partial charge in [0.05, 0.1) is 11.0 Å². The van der Waals surface area contributed by atoms with Crippen molar-refractivity contribution in [1.29, 1.82) is 0 Å². The quantitative estimate of drug-likeness (QED) is 0.205. The molecule has 0 saturated heterocycles. The highest BCUT2D eigenvalue weighted by molar-refractivity contribution is 6.21. The summed E-state index contributed by atoms with van der Waals surface area (Å²) in [5.74, 6) is 0.945. The van der Waals surface area contributed by atoms with Gasteiger partial charge in [0.25, 0.3) is 0 Å². The summed E-state index contributed by atoms with van der Waals surface area (Å²) in [7, 11) is 0. The Balaban J connectivity index is 1.52. The molecule has 0 atom stereocenters. The van der Waals surface area contributed by atoms with Gasteiger partial charge in [-0.1, -0.05) is 127 Å². The van der Waals surface area contributed by atoms with E-state index in [1.165, 1.54) is 49.4 Å². The standard InChI is InChI=1S/C40H28N2/c1-27-21-24-37-36(25-27)41-40(30-17-9-4-10-18-30)42(37)31-22-23-34-35(26-31)39(29-15-7-3-8-16-29)33-20-12-11-19-32(33)38(34)28-13-5-2-6-14-28/h2-26H,1H3. The van der Waals surface area contributed by atoms with Crippen molar-refractivity contribution in [2.45, 2.75) is 6.92 Å². The van der Waals surface area contributed by atoms with E-state index in [0.29, 0.717) is 0 Å². The zero-order valence-corrected chi connectivity index (χ0v) is 23.3. The lowest BCUT2D eigenvalue weighted by Gasteiger charge is -2.19. The molecule has 0 amide bonds. The average Bonchev–Trinajstić information content (AvgIpc) is 3.43. The summed E-state index contributed by atoms with van der Waals surface area (Å²) < 4.78 is 2.32. The lowest BCUT2D eigenvalue weighted by molar-refractivity contribution is 1.11. The van der Waals surface area contributed by atoms with Crippen molar-refractivity contribution in [1.82, 2.24) is 9.55 Å². The first-order valence-electron chi connectivity index (χ1n) is 14.4. The summed E-state index contributed by atoms with van der Waals surface area (Å²) in [6.45, 7) is 2.12. The van der Waals surface area contributed by atoms with Gasteiger partial charge in [-0.25, -0.2) is 4.98 Å². The minimum atomic E-state index is 0.945. The van der Waals surface area contributed by atoms with Gasteiger partial charge in [0.15, 0.2) is 0 Å². The SMILES string of the molecule is Cc1ccc2c(c1)nc(-c1ccccc1)n2-c1ccc2c(-c3ccccc3)c3ccccc3c(-c3ccccc3)c2c1. The van der Waals surface area contributed by atoms with Crippen LogP contribution in [0.1, 0.15) is 5.56 Å². The molecule has 0 radical (unpaired) electrons. The van der Waals surface area contributed by atoms with E-state index in [1.54, 1.807) is 0 Å². The Labute approximate surface area is 245 Å². The van der Waals surface area contributed by atoms with Gasteiger partial charge in [-0.3, -0.25) is 4.57 Å². The fraction of sp³-hybridized carbons (Fsp3) is 0.0250. The van der Waals surface area contributed by atoms with E-state index in [0.717, 1.165) is 28.1 Å². The number of aryl methyl sites for hydroxylation is 1. The van der Waals surface area contributed by atoms with Crippen LogP contribution in [0.4, 0.5) is 0 Å². The lowest BCUT2D eigenvalue weighted by atomic mass is 9.86. The van der Waals surface area contributed by atoms with Gasteiger partial charge in [-0.2, -0.15) is 0 Å². The van der Waals surface area contributed by atoms with Crippen LogP contribution in [-0.2, 0) is 0 Å². The number of benzene rings is 7. The number of hydrogen-bond acceptors (Lipinski definition) is 1. The van der Waals surface area contributed by atoms with Crippen LogP contribution in [0, 0.1) is 6.92 Å². The molecule has 0 N–H and O–H groups in total. The van der Waals surface area contributed by atoms with Gasteiger partial charge < -0.3 is 0 Å². The van der Waals surface area contributed by atoms with Crippen LogP contribution in [0.5, 0.6) is 0 Å². The Morgan fingerprint density at radius 2 is 0.976 bits per heavy atom. The molecule has 0 aliphatic rings. The lowest BCUT2D eigenvalue weighted by Crippen LogP contribution is -1.99. The molecule has 0 bridgehead atoms. The van der Waals surface area contributed by atoms with E-state index in [-0.39, 0.29) is 0 Å². The first kappa shape index (κ1) is 24.3. The Kier molecular flexibility index (Phi) is 5.72. The fourth-order valence-corrected chi connectivity index (χ4v) is 6.37. The van der Waals surface area contributed by atoms with Crippen LogP contribution in [0.15, 0.2) is 152 Å². The normalized spacial score (nSPS) is 11.5. The van der Waals surface area contributed by atoms with Crippen molar-refractivity contribution in [2.75, 3.05) is 0 Å². The van der Waals surface area contributed by atoms with Crippen molar-refractivity contribution < 1.29 is 0 Å². The molecule has 198 valence electrons.